The molecule has 18 heavy (non-hydrogen) atoms. The Kier molecular flexibility index (Phi) is 4.48. The maximum Gasteiger partial charge on any atom is 0.312 e. The fourth-order valence-corrected chi connectivity index (χ4v) is 2.38. The number of rotatable bonds is 5. The molecule has 0 bridgehead atoms. The second kappa shape index (κ2) is 6.10. The number of halogens is 1. The van der Waals surface area contributed by atoms with E-state index in [2.05, 4.69) is 31.5 Å². The van der Waals surface area contributed by atoms with Crippen molar-refractivity contribution < 1.29 is 4.92 Å². The first-order valence-corrected chi connectivity index (χ1v) is 6.70. The highest BCUT2D eigenvalue weighted by molar-refractivity contribution is 9.10. The Morgan fingerprint density at radius 2 is 2.50 bits per heavy atom. The Hall–Kier alpha value is -1.21. The quantitative estimate of drug-likeness (QED) is 0.643. The standard InChI is InChI=1S/C11H15BrN4O2/c12-9-5-10(16(17)18)11(15-7-9)14-4-2-8-1-3-13-6-8/h5,7-8,13H,1-4,6H2,(H,14,15). The molecule has 1 aromatic rings. The van der Waals surface area contributed by atoms with E-state index in [1.165, 1.54) is 12.5 Å². The summed E-state index contributed by atoms with van der Waals surface area (Å²) < 4.78 is 0.611. The van der Waals surface area contributed by atoms with Crippen LogP contribution in [0.3, 0.4) is 0 Å². The lowest BCUT2D eigenvalue weighted by Gasteiger charge is -2.09. The van der Waals surface area contributed by atoms with Crippen LogP contribution in [-0.4, -0.2) is 29.5 Å². The summed E-state index contributed by atoms with van der Waals surface area (Å²) in [5.74, 6) is 1.00. The molecule has 2 heterocycles. The first kappa shape index (κ1) is 13.2. The third kappa shape index (κ3) is 3.39. The van der Waals surface area contributed by atoms with Gasteiger partial charge in [0, 0.05) is 23.3 Å². The molecule has 0 radical (unpaired) electrons. The van der Waals surface area contributed by atoms with Crippen LogP contribution in [0.2, 0.25) is 0 Å². The van der Waals surface area contributed by atoms with Crippen LogP contribution in [0.5, 0.6) is 0 Å². The Bertz CT molecular complexity index is 435. The highest BCUT2D eigenvalue weighted by atomic mass is 79.9. The number of aromatic nitrogens is 1. The molecule has 1 aromatic heterocycles. The zero-order valence-corrected chi connectivity index (χ0v) is 11.4. The average Bonchev–Trinajstić information content (AvgIpc) is 2.84. The number of pyridine rings is 1. The molecule has 1 atom stereocenters. The Labute approximate surface area is 113 Å². The number of hydrogen-bond acceptors (Lipinski definition) is 5. The summed E-state index contributed by atoms with van der Waals surface area (Å²) in [7, 11) is 0. The predicted octanol–water partition coefficient (Wildman–Crippen LogP) is 2.16. The minimum Gasteiger partial charge on any atom is -0.364 e. The zero-order valence-electron chi connectivity index (χ0n) is 9.86. The second-order valence-electron chi connectivity index (χ2n) is 4.35. The van der Waals surface area contributed by atoms with Gasteiger partial charge in [0.1, 0.15) is 0 Å². The third-order valence-electron chi connectivity index (χ3n) is 3.04. The molecule has 1 unspecified atom stereocenters. The maximum atomic E-state index is 10.9. The van der Waals surface area contributed by atoms with E-state index >= 15 is 0 Å². The van der Waals surface area contributed by atoms with E-state index in [4.69, 9.17) is 0 Å². The van der Waals surface area contributed by atoms with Crippen LogP contribution >= 0.6 is 15.9 Å². The normalized spacial score (nSPS) is 18.8. The van der Waals surface area contributed by atoms with Gasteiger partial charge in [0.2, 0.25) is 5.82 Å². The summed E-state index contributed by atoms with van der Waals surface area (Å²) in [6.45, 7) is 2.82. The average molecular weight is 315 g/mol. The van der Waals surface area contributed by atoms with Gasteiger partial charge < -0.3 is 10.6 Å². The van der Waals surface area contributed by atoms with Crippen LogP contribution in [0.4, 0.5) is 11.5 Å². The van der Waals surface area contributed by atoms with Gasteiger partial charge in [0.05, 0.1) is 4.92 Å². The van der Waals surface area contributed by atoms with Gasteiger partial charge in [0.25, 0.3) is 0 Å². The van der Waals surface area contributed by atoms with Crippen molar-refractivity contribution in [2.75, 3.05) is 25.0 Å². The van der Waals surface area contributed by atoms with E-state index in [0.29, 0.717) is 22.8 Å². The van der Waals surface area contributed by atoms with Gasteiger partial charge in [0.15, 0.2) is 0 Å². The number of nitrogens with zero attached hydrogens (tertiary/aromatic N) is 2. The van der Waals surface area contributed by atoms with Crippen LogP contribution in [-0.2, 0) is 0 Å². The number of nitro groups is 1. The van der Waals surface area contributed by atoms with E-state index in [1.54, 1.807) is 6.20 Å². The van der Waals surface area contributed by atoms with Crippen LogP contribution in [0.25, 0.3) is 0 Å². The highest BCUT2D eigenvalue weighted by Gasteiger charge is 2.17. The molecule has 6 nitrogen and oxygen atoms in total. The molecule has 2 N–H and O–H groups in total. The molecule has 0 aromatic carbocycles. The highest BCUT2D eigenvalue weighted by Crippen LogP contribution is 2.25. The fraction of sp³-hybridized carbons (Fsp3) is 0.545. The summed E-state index contributed by atoms with van der Waals surface area (Å²) in [6.07, 6.45) is 3.74. The topological polar surface area (TPSA) is 80.1 Å². The minimum absolute atomic E-state index is 0.00826. The maximum absolute atomic E-state index is 10.9. The Balaban J connectivity index is 1.93. The van der Waals surface area contributed by atoms with Gasteiger partial charge in [-0.2, -0.15) is 0 Å². The first-order chi connectivity index (χ1) is 8.66. The van der Waals surface area contributed by atoms with Crippen molar-refractivity contribution in [3.63, 3.8) is 0 Å². The van der Waals surface area contributed by atoms with Gasteiger partial charge >= 0.3 is 5.69 Å². The molecule has 0 aliphatic carbocycles. The number of hydrogen-bond donors (Lipinski definition) is 2. The van der Waals surface area contributed by atoms with Crippen LogP contribution in [0.15, 0.2) is 16.7 Å². The molecule has 1 aliphatic rings. The van der Waals surface area contributed by atoms with E-state index < -0.39 is 4.92 Å². The summed E-state index contributed by atoms with van der Waals surface area (Å²) in [6, 6.07) is 1.46. The molecule has 1 aliphatic heterocycles. The number of nitrogens with one attached hydrogen (secondary N) is 2. The van der Waals surface area contributed by atoms with Crippen molar-refractivity contribution in [2.45, 2.75) is 12.8 Å². The van der Waals surface area contributed by atoms with Crippen molar-refractivity contribution in [1.82, 2.24) is 10.3 Å². The lowest BCUT2D eigenvalue weighted by molar-refractivity contribution is -0.384. The first-order valence-electron chi connectivity index (χ1n) is 5.91. The van der Waals surface area contributed by atoms with Crippen molar-refractivity contribution in [2.24, 2.45) is 5.92 Å². The SMILES string of the molecule is O=[N+]([O-])c1cc(Br)cnc1NCCC1CCNC1. The van der Waals surface area contributed by atoms with Gasteiger partial charge in [-0.15, -0.1) is 0 Å². The second-order valence-corrected chi connectivity index (χ2v) is 5.27. The van der Waals surface area contributed by atoms with Crippen molar-refractivity contribution >= 4 is 27.4 Å². The van der Waals surface area contributed by atoms with Crippen LogP contribution in [0, 0.1) is 16.0 Å². The third-order valence-corrected chi connectivity index (χ3v) is 3.47. The predicted molar refractivity (Wildman–Crippen MR) is 72.7 cm³/mol. The summed E-state index contributed by atoms with van der Waals surface area (Å²) in [5, 5.41) is 17.2. The van der Waals surface area contributed by atoms with Gasteiger partial charge in [-0.25, -0.2) is 4.98 Å². The number of anilines is 1. The van der Waals surface area contributed by atoms with Crippen LogP contribution in [0.1, 0.15) is 12.8 Å². The van der Waals surface area contributed by atoms with Gasteiger partial charge in [-0.05, 0) is 47.8 Å². The molecule has 0 saturated carbocycles. The monoisotopic (exact) mass is 314 g/mol. The van der Waals surface area contributed by atoms with E-state index in [-0.39, 0.29) is 5.69 Å². The van der Waals surface area contributed by atoms with Crippen molar-refractivity contribution in [1.29, 1.82) is 0 Å². The molecule has 1 saturated heterocycles. The molecule has 1 fully saturated rings. The molecule has 2 rings (SSSR count). The Morgan fingerprint density at radius 1 is 1.67 bits per heavy atom. The zero-order chi connectivity index (χ0) is 13.0. The van der Waals surface area contributed by atoms with E-state index in [1.807, 2.05) is 0 Å². The van der Waals surface area contributed by atoms with E-state index in [9.17, 15) is 10.1 Å². The van der Waals surface area contributed by atoms with Crippen LogP contribution < -0.4 is 10.6 Å². The summed E-state index contributed by atoms with van der Waals surface area (Å²) >= 11 is 3.18. The molecular formula is C11H15BrN4O2. The smallest absolute Gasteiger partial charge is 0.312 e. The lowest BCUT2D eigenvalue weighted by Crippen LogP contribution is -2.13. The largest absolute Gasteiger partial charge is 0.364 e. The lowest BCUT2D eigenvalue weighted by atomic mass is 10.1. The molecule has 0 spiro atoms. The van der Waals surface area contributed by atoms with Gasteiger partial charge in [-0.1, -0.05) is 0 Å². The minimum atomic E-state index is -0.419. The summed E-state index contributed by atoms with van der Waals surface area (Å²) in [4.78, 5) is 14.5. The van der Waals surface area contributed by atoms with Gasteiger partial charge in [-0.3, -0.25) is 10.1 Å². The van der Waals surface area contributed by atoms with Crippen molar-refractivity contribution in [3.8, 4) is 0 Å². The molecular weight excluding hydrogens is 300 g/mol. The van der Waals surface area contributed by atoms with E-state index in [0.717, 1.165) is 19.5 Å². The molecule has 7 heteroatoms. The fourth-order valence-electron chi connectivity index (χ4n) is 2.06. The van der Waals surface area contributed by atoms with Crippen molar-refractivity contribution in [3.05, 3.63) is 26.9 Å². The molecule has 0 amide bonds. The Morgan fingerprint density at radius 3 is 3.17 bits per heavy atom. The molecule has 98 valence electrons. The summed E-state index contributed by atoms with van der Waals surface area (Å²) in [5.41, 5.74) is 0.00826.